The fourth-order valence-electron chi connectivity index (χ4n) is 3.22. The molecule has 19 heavy (non-hydrogen) atoms. The van der Waals surface area contributed by atoms with Crippen molar-refractivity contribution in [2.24, 2.45) is 0 Å². The van der Waals surface area contributed by atoms with Crippen molar-refractivity contribution in [1.29, 1.82) is 0 Å². The van der Waals surface area contributed by atoms with Gasteiger partial charge in [-0.2, -0.15) is 0 Å². The van der Waals surface area contributed by atoms with Crippen molar-refractivity contribution in [2.75, 3.05) is 32.7 Å². The topological polar surface area (TPSA) is 35.6 Å². The summed E-state index contributed by atoms with van der Waals surface area (Å²) in [6, 6.07) is 0.825. The SMILES string of the molecule is CC(C)(C)NC(=O)CN1CCN(C2CCCC2)CC1. The van der Waals surface area contributed by atoms with Gasteiger partial charge in [0.05, 0.1) is 6.54 Å². The lowest BCUT2D eigenvalue weighted by molar-refractivity contribution is -0.124. The first-order valence-electron chi connectivity index (χ1n) is 7.71. The number of piperazine rings is 1. The van der Waals surface area contributed by atoms with E-state index in [1.807, 2.05) is 20.8 Å². The maximum atomic E-state index is 11.9. The van der Waals surface area contributed by atoms with Crippen molar-refractivity contribution >= 4 is 5.91 Å². The van der Waals surface area contributed by atoms with Gasteiger partial charge in [-0.3, -0.25) is 14.6 Å². The zero-order valence-corrected chi connectivity index (χ0v) is 12.7. The molecule has 1 aliphatic heterocycles. The number of nitrogens with one attached hydrogen (secondary N) is 1. The molecule has 2 aliphatic rings. The minimum Gasteiger partial charge on any atom is -0.350 e. The van der Waals surface area contributed by atoms with E-state index in [2.05, 4.69) is 15.1 Å². The summed E-state index contributed by atoms with van der Waals surface area (Å²) in [6.45, 7) is 11.0. The van der Waals surface area contributed by atoms with Crippen LogP contribution in [-0.4, -0.2) is 60.0 Å². The number of hydrogen-bond acceptors (Lipinski definition) is 3. The molecule has 0 bridgehead atoms. The Labute approximate surface area is 117 Å². The number of carbonyl (C=O) groups excluding carboxylic acids is 1. The summed E-state index contributed by atoms with van der Waals surface area (Å²) in [7, 11) is 0. The Hall–Kier alpha value is -0.610. The molecule has 110 valence electrons. The molecule has 1 saturated heterocycles. The van der Waals surface area contributed by atoms with Crippen LogP contribution in [0.15, 0.2) is 0 Å². The molecule has 1 N–H and O–H groups in total. The normalized spacial score (nSPS) is 23.7. The number of carbonyl (C=O) groups is 1. The molecule has 0 aromatic heterocycles. The van der Waals surface area contributed by atoms with Crippen LogP contribution in [0.25, 0.3) is 0 Å². The number of rotatable bonds is 3. The smallest absolute Gasteiger partial charge is 0.234 e. The van der Waals surface area contributed by atoms with Crippen molar-refractivity contribution < 1.29 is 4.79 Å². The molecule has 0 atom stereocenters. The summed E-state index contributed by atoms with van der Waals surface area (Å²) in [5, 5.41) is 3.04. The Morgan fingerprint density at radius 1 is 1.11 bits per heavy atom. The van der Waals surface area contributed by atoms with Gasteiger partial charge in [-0.25, -0.2) is 0 Å². The van der Waals surface area contributed by atoms with E-state index in [9.17, 15) is 4.79 Å². The van der Waals surface area contributed by atoms with Gasteiger partial charge in [-0.1, -0.05) is 12.8 Å². The van der Waals surface area contributed by atoms with Crippen LogP contribution in [0.4, 0.5) is 0 Å². The molecule has 1 amide bonds. The van der Waals surface area contributed by atoms with Crippen LogP contribution in [-0.2, 0) is 4.79 Å². The molecule has 0 spiro atoms. The Kier molecular flexibility index (Phi) is 4.85. The molecule has 2 fully saturated rings. The van der Waals surface area contributed by atoms with Gasteiger partial charge < -0.3 is 5.32 Å². The second-order valence-corrected chi connectivity index (χ2v) is 7.05. The van der Waals surface area contributed by atoms with Gasteiger partial charge in [0.15, 0.2) is 0 Å². The predicted octanol–water partition coefficient (Wildman–Crippen LogP) is 1.46. The highest BCUT2D eigenvalue weighted by Gasteiger charge is 2.27. The highest BCUT2D eigenvalue weighted by atomic mass is 16.2. The van der Waals surface area contributed by atoms with E-state index < -0.39 is 0 Å². The van der Waals surface area contributed by atoms with Gasteiger partial charge >= 0.3 is 0 Å². The largest absolute Gasteiger partial charge is 0.350 e. The number of amides is 1. The van der Waals surface area contributed by atoms with Crippen molar-refractivity contribution in [3.8, 4) is 0 Å². The van der Waals surface area contributed by atoms with Crippen LogP contribution >= 0.6 is 0 Å². The van der Waals surface area contributed by atoms with E-state index in [0.717, 1.165) is 32.2 Å². The second kappa shape index (κ2) is 6.23. The fraction of sp³-hybridized carbons (Fsp3) is 0.933. The van der Waals surface area contributed by atoms with E-state index in [-0.39, 0.29) is 11.4 Å². The Morgan fingerprint density at radius 2 is 1.68 bits per heavy atom. The molecule has 1 heterocycles. The number of hydrogen-bond donors (Lipinski definition) is 1. The molecule has 0 aromatic carbocycles. The van der Waals surface area contributed by atoms with E-state index in [1.54, 1.807) is 0 Å². The predicted molar refractivity (Wildman–Crippen MR) is 78.2 cm³/mol. The third kappa shape index (κ3) is 4.77. The standard InChI is InChI=1S/C15H29N3O/c1-15(2,3)16-14(19)12-17-8-10-18(11-9-17)13-6-4-5-7-13/h13H,4-12H2,1-3H3,(H,16,19). The summed E-state index contributed by atoms with van der Waals surface area (Å²) in [4.78, 5) is 16.8. The summed E-state index contributed by atoms with van der Waals surface area (Å²) < 4.78 is 0. The molecule has 0 radical (unpaired) electrons. The maximum Gasteiger partial charge on any atom is 0.234 e. The molecular formula is C15H29N3O. The van der Waals surface area contributed by atoms with Crippen LogP contribution in [0.3, 0.4) is 0 Å². The van der Waals surface area contributed by atoms with Crippen LogP contribution in [0, 0.1) is 0 Å². The minimum absolute atomic E-state index is 0.122. The fourth-order valence-corrected chi connectivity index (χ4v) is 3.22. The molecular weight excluding hydrogens is 238 g/mol. The molecule has 1 aliphatic carbocycles. The lowest BCUT2D eigenvalue weighted by Crippen LogP contribution is -2.53. The lowest BCUT2D eigenvalue weighted by Gasteiger charge is -2.38. The monoisotopic (exact) mass is 267 g/mol. The average Bonchev–Trinajstić information content (AvgIpc) is 2.80. The van der Waals surface area contributed by atoms with Crippen LogP contribution in [0.2, 0.25) is 0 Å². The Morgan fingerprint density at radius 3 is 2.21 bits per heavy atom. The van der Waals surface area contributed by atoms with Gasteiger partial charge in [0.25, 0.3) is 0 Å². The van der Waals surface area contributed by atoms with Gasteiger partial charge in [0.1, 0.15) is 0 Å². The van der Waals surface area contributed by atoms with Crippen molar-refractivity contribution in [1.82, 2.24) is 15.1 Å². The quantitative estimate of drug-likeness (QED) is 0.841. The van der Waals surface area contributed by atoms with Crippen LogP contribution < -0.4 is 5.32 Å². The molecule has 0 unspecified atom stereocenters. The summed E-state index contributed by atoms with van der Waals surface area (Å²) in [6.07, 6.45) is 5.56. The van der Waals surface area contributed by atoms with Crippen molar-refractivity contribution in [3.63, 3.8) is 0 Å². The van der Waals surface area contributed by atoms with E-state index in [1.165, 1.54) is 25.7 Å². The maximum absolute atomic E-state index is 11.9. The molecule has 4 nitrogen and oxygen atoms in total. The zero-order chi connectivity index (χ0) is 13.9. The first-order chi connectivity index (χ1) is 8.94. The van der Waals surface area contributed by atoms with E-state index >= 15 is 0 Å². The van der Waals surface area contributed by atoms with Gasteiger partial charge in [-0.15, -0.1) is 0 Å². The molecule has 1 saturated carbocycles. The summed E-state index contributed by atoms with van der Waals surface area (Å²) >= 11 is 0. The first kappa shape index (κ1) is 14.8. The van der Waals surface area contributed by atoms with E-state index in [0.29, 0.717) is 6.54 Å². The highest BCUT2D eigenvalue weighted by molar-refractivity contribution is 5.78. The van der Waals surface area contributed by atoms with Gasteiger partial charge in [0.2, 0.25) is 5.91 Å². The Bertz CT molecular complexity index is 297. The zero-order valence-electron chi connectivity index (χ0n) is 12.7. The van der Waals surface area contributed by atoms with Gasteiger partial charge in [0, 0.05) is 37.8 Å². The molecule has 2 rings (SSSR count). The van der Waals surface area contributed by atoms with Crippen LogP contribution in [0.5, 0.6) is 0 Å². The second-order valence-electron chi connectivity index (χ2n) is 7.05. The first-order valence-corrected chi connectivity index (χ1v) is 7.71. The van der Waals surface area contributed by atoms with Gasteiger partial charge in [-0.05, 0) is 33.6 Å². The lowest BCUT2D eigenvalue weighted by atomic mass is 10.1. The summed E-state index contributed by atoms with van der Waals surface area (Å²) in [5.74, 6) is 0.154. The average molecular weight is 267 g/mol. The molecule has 0 aromatic rings. The van der Waals surface area contributed by atoms with Crippen molar-refractivity contribution in [3.05, 3.63) is 0 Å². The highest BCUT2D eigenvalue weighted by Crippen LogP contribution is 2.24. The third-order valence-electron chi connectivity index (χ3n) is 4.13. The van der Waals surface area contributed by atoms with Crippen LogP contribution in [0.1, 0.15) is 46.5 Å². The Balaban J connectivity index is 1.69. The third-order valence-corrected chi connectivity index (χ3v) is 4.13. The van der Waals surface area contributed by atoms with Crippen molar-refractivity contribution in [2.45, 2.75) is 58.0 Å². The minimum atomic E-state index is -0.122. The molecule has 4 heteroatoms. The summed E-state index contributed by atoms with van der Waals surface area (Å²) in [5.41, 5.74) is -0.122. The van der Waals surface area contributed by atoms with E-state index in [4.69, 9.17) is 0 Å². The number of nitrogens with zero attached hydrogens (tertiary/aromatic N) is 2.